The first-order valence-corrected chi connectivity index (χ1v) is 9.09. The molecule has 0 amide bonds. The van der Waals surface area contributed by atoms with Gasteiger partial charge in [-0.1, -0.05) is 37.0 Å². The summed E-state index contributed by atoms with van der Waals surface area (Å²) in [5, 5.41) is 11.9. The third kappa shape index (κ3) is 5.58. The van der Waals surface area contributed by atoms with Gasteiger partial charge in [0.15, 0.2) is 0 Å². The van der Waals surface area contributed by atoms with Crippen LogP contribution < -0.4 is 4.74 Å². The molecule has 0 heterocycles. The standard InChI is InChI=1S/C19H17Cl2NO7/c1-10(2)17(19(24)27-3)29-18(23)13-9-12(5-6-15(13)22(25)26)28-16-7-4-11(20)8-14(16)21/h4-10,17H,1-3H3. The van der Waals surface area contributed by atoms with E-state index in [0.717, 1.165) is 19.2 Å². The van der Waals surface area contributed by atoms with Crippen LogP contribution in [0.4, 0.5) is 5.69 Å². The smallest absolute Gasteiger partial charge is 0.347 e. The van der Waals surface area contributed by atoms with Crippen LogP contribution >= 0.6 is 23.2 Å². The minimum atomic E-state index is -1.22. The number of carbonyl (C=O) groups excluding carboxylic acids is 2. The van der Waals surface area contributed by atoms with Gasteiger partial charge in [-0.15, -0.1) is 0 Å². The second kappa shape index (κ2) is 9.58. The Morgan fingerprint density at radius 1 is 1.10 bits per heavy atom. The van der Waals surface area contributed by atoms with Crippen LogP contribution in [0.25, 0.3) is 0 Å². The van der Waals surface area contributed by atoms with Crippen LogP contribution in [0.3, 0.4) is 0 Å². The van der Waals surface area contributed by atoms with Crippen molar-refractivity contribution in [2.45, 2.75) is 20.0 Å². The molecular weight excluding hydrogens is 425 g/mol. The summed E-state index contributed by atoms with van der Waals surface area (Å²) < 4.78 is 15.4. The molecule has 29 heavy (non-hydrogen) atoms. The van der Waals surface area contributed by atoms with E-state index in [1.165, 1.54) is 18.2 Å². The number of methoxy groups -OCH3 is 1. The first kappa shape index (κ1) is 22.4. The Labute approximate surface area is 176 Å². The number of esters is 2. The Morgan fingerprint density at radius 2 is 1.79 bits per heavy atom. The van der Waals surface area contributed by atoms with E-state index in [4.69, 9.17) is 32.7 Å². The van der Waals surface area contributed by atoms with Crippen molar-refractivity contribution in [3.05, 3.63) is 62.1 Å². The van der Waals surface area contributed by atoms with Crippen molar-refractivity contribution in [2.24, 2.45) is 5.92 Å². The number of halogens is 2. The minimum Gasteiger partial charge on any atom is -0.466 e. The highest BCUT2D eigenvalue weighted by Gasteiger charge is 2.31. The fraction of sp³-hybridized carbons (Fsp3) is 0.263. The van der Waals surface area contributed by atoms with Crippen LogP contribution in [-0.4, -0.2) is 30.1 Å². The normalized spacial score (nSPS) is 11.7. The van der Waals surface area contributed by atoms with Crippen molar-refractivity contribution in [1.82, 2.24) is 0 Å². The van der Waals surface area contributed by atoms with E-state index < -0.39 is 34.6 Å². The maximum absolute atomic E-state index is 12.6. The van der Waals surface area contributed by atoms with E-state index in [1.807, 2.05) is 0 Å². The van der Waals surface area contributed by atoms with Crippen molar-refractivity contribution in [2.75, 3.05) is 7.11 Å². The van der Waals surface area contributed by atoms with Gasteiger partial charge in [-0.3, -0.25) is 10.1 Å². The molecule has 0 fully saturated rings. The van der Waals surface area contributed by atoms with Gasteiger partial charge in [0, 0.05) is 23.1 Å². The molecule has 0 saturated carbocycles. The highest BCUT2D eigenvalue weighted by atomic mass is 35.5. The zero-order valence-electron chi connectivity index (χ0n) is 15.7. The van der Waals surface area contributed by atoms with Crippen molar-refractivity contribution >= 4 is 40.8 Å². The van der Waals surface area contributed by atoms with Gasteiger partial charge in [-0.25, -0.2) is 9.59 Å². The number of nitro groups is 1. The largest absolute Gasteiger partial charge is 0.466 e. The lowest BCUT2D eigenvalue weighted by Gasteiger charge is -2.19. The Bertz CT molecular complexity index is 946. The van der Waals surface area contributed by atoms with Gasteiger partial charge < -0.3 is 14.2 Å². The molecule has 2 rings (SSSR count). The van der Waals surface area contributed by atoms with Crippen molar-refractivity contribution < 1.29 is 28.7 Å². The molecule has 0 radical (unpaired) electrons. The lowest BCUT2D eigenvalue weighted by Crippen LogP contribution is -2.33. The first-order valence-electron chi connectivity index (χ1n) is 8.34. The second-order valence-electron chi connectivity index (χ2n) is 6.21. The summed E-state index contributed by atoms with van der Waals surface area (Å²) in [5.74, 6) is -1.90. The molecule has 1 unspecified atom stereocenters. The summed E-state index contributed by atoms with van der Waals surface area (Å²) in [6, 6.07) is 8.06. The van der Waals surface area contributed by atoms with Gasteiger partial charge in [0.05, 0.1) is 17.1 Å². The Morgan fingerprint density at radius 3 is 2.34 bits per heavy atom. The zero-order valence-corrected chi connectivity index (χ0v) is 17.2. The number of carbonyl (C=O) groups is 2. The van der Waals surface area contributed by atoms with Crippen LogP contribution in [-0.2, 0) is 14.3 Å². The average Bonchev–Trinajstić information content (AvgIpc) is 2.67. The van der Waals surface area contributed by atoms with Crippen molar-refractivity contribution in [3.8, 4) is 11.5 Å². The van der Waals surface area contributed by atoms with Gasteiger partial charge in [-0.05, 0) is 24.3 Å². The fourth-order valence-electron chi connectivity index (χ4n) is 2.34. The first-order chi connectivity index (χ1) is 13.6. The lowest BCUT2D eigenvalue weighted by atomic mass is 10.1. The number of nitro benzene ring substituents is 1. The number of benzene rings is 2. The van der Waals surface area contributed by atoms with Gasteiger partial charge >= 0.3 is 11.9 Å². The molecule has 0 aromatic heterocycles. The maximum atomic E-state index is 12.6. The molecule has 0 bridgehead atoms. The number of hydrogen-bond donors (Lipinski definition) is 0. The van der Waals surface area contributed by atoms with Crippen LogP contribution in [0.1, 0.15) is 24.2 Å². The monoisotopic (exact) mass is 441 g/mol. The molecule has 10 heteroatoms. The van der Waals surface area contributed by atoms with Crippen LogP contribution in [0.2, 0.25) is 10.0 Å². The quantitative estimate of drug-likeness (QED) is 0.336. The molecule has 2 aromatic carbocycles. The molecule has 0 aliphatic heterocycles. The van der Waals surface area contributed by atoms with Crippen molar-refractivity contribution in [1.29, 1.82) is 0 Å². The summed E-state index contributed by atoms with van der Waals surface area (Å²) in [6.45, 7) is 3.29. The third-order valence-corrected chi connectivity index (χ3v) is 4.31. The Balaban J connectivity index is 2.38. The molecule has 8 nitrogen and oxygen atoms in total. The molecule has 1 atom stereocenters. The van der Waals surface area contributed by atoms with Crippen LogP contribution in [0.15, 0.2) is 36.4 Å². The number of rotatable bonds is 7. The highest BCUT2D eigenvalue weighted by molar-refractivity contribution is 6.35. The molecular formula is C19H17Cl2NO7. The molecule has 0 saturated heterocycles. The van der Waals surface area contributed by atoms with E-state index >= 15 is 0 Å². The lowest BCUT2D eigenvalue weighted by molar-refractivity contribution is -0.385. The van der Waals surface area contributed by atoms with E-state index in [1.54, 1.807) is 19.9 Å². The summed E-state index contributed by atoms with van der Waals surface area (Å²) >= 11 is 11.9. The Kier molecular flexibility index (Phi) is 7.41. The zero-order chi connectivity index (χ0) is 21.7. The molecule has 0 aliphatic carbocycles. The molecule has 2 aromatic rings. The number of ether oxygens (including phenoxy) is 3. The summed E-state index contributed by atoms with van der Waals surface area (Å²) in [5.41, 5.74) is -0.885. The van der Waals surface area contributed by atoms with Crippen LogP contribution in [0, 0.1) is 16.0 Å². The molecule has 0 N–H and O–H groups in total. The molecule has 0 aliphatic rings. The highest BCUT2D eigenvalue weighted by Crippen LogP contribution is 2.34. The van der Waals surface area contributed by atoms with Gasteiger partial charge in [0.2, 0.25) is 6.10 Å². The third-order valence-electron chi connectivity index (χ3n) is 3.78. The summed E-state index contributed by atoms with van der Waals surface area (Å²) in [7, 11) is 1.15. The van der Waals surface area contributed by atoms with Crippen LogP contribution in [0.5, 0.6) is 11.5 Å². The molecule has 0 spiro atoms. The van der Waals surface area contributed by atoms with E-state index in [9.17, 15) is 19.7 Å². The van der Waals surface area contributed by atoms with Gasteiger partial charge in [-0.2, -0.15) is 0 Å². The summed E-state index contributed by atoms with van der Waals surface area (Å²) in [6.07, 6.45) is -1.22. The minimum absolute atomic E-state index is 0.103. The Hall–Kier alpha value is -2.84. The average molecular weight is 442 g/mol. The number of hydrogen-bond acceptors (Lipinski definition) is 7. The maximum Gasteiger partial charge on any atom is 0.347 e. The van der Waals surface area contributed by atoms with E-state index in [0.29, 0.717) is 5.02 Å². The number of nitrogens with zero attached hydrogens (tertiary/aromatic N) is 1. The topological polar surface area (TPSA) is 105 Å². The van der Waals surface area contributed by atoms with E-state index in [-0.39, 0.29) is 22.1 Å². The summed E-state index contributed by atoms with van der Waals surface area (Å²) in [4.78, 5) is 35.0. The molecule has 154 valence electrons. The fourth-order valence-corrected chi connectivity index (χ4v) is 2.78. The van der Waals surface area contributed by atoms with Gasteiger partial charge in [0.25, 0.3) is 5.69 Å². The van der Waals surface area contributed by atoms with E-state index in [2.05, 4.69) is 4.74 Å². The predicted octanol–water partition coefficient (Wildman–Crippen LogP) is 5.05. The predicted molar refractivity (Wildman–Crippen MR) is 106 cm³/mol. The SMILES string of the molecule is COC(=O)C(OC(=O)c1cc(Oc2ccc(Cl)cc2Cl)ccc1[N+](=O)[O-])C(C)C. The van der Waals surface area contributed by atoms with Crippen molar-refractivity contribution in [3.63, 3.8) is 0 Å². The second-order valence-corrected chi connectivity index (χ2v) is 7.05. The van der Waals surface area contributed by atoms with Gasteiger partial charge in [0.1, 0.15) is 17.1 Å².